The maximum atomic E-state index is 12.7. The summed E-state index contributed by atoms with van der Waals surface area (Å²) in [6, 6.07) is 5.27. The van der Waals surface area contributed by atoms with Gasteiger partial charge in [-0.25, -0.2) is 5.01 Å². The molecule has 0 bridgehead atoms. The predicted molar refractivity (Wildman–Crippen MR) is 107 cm³/mol. The van der Waals surface area contributed by atoms with Gasteiger partial charge < -0.3 is 5.11 Å². The van der Waals surface area contributed by atoms with Gasteiger partial charge in [0.05, 0.1) is 16.7 Å². The van der Waals surface area contributed by atoms with Gasteiger partial charge in [-0.1, -0.05) is 19.1 Å². The van der Waals surface area contributed by atoms with Crippen LogP contribution < -0.4 is 5.56 Å². The van der Waals surface area contributed by atoms with E-state index in [9.17, 15) is 24.8 Å². The minimum Gasteiger partial charge on any atom is -0.494 e. The highest BCUT2D eigenvalue weighted by Crippen LogP contribution is 2.34. The third-order valence-corrected chi connectivity index (χ3v) is 5.43. The molecule has 1 atom stereocenters. The highest BCUT2D eigenvalue weighted by molar-refractivity contribution is 7.71. The molecule has 0 saturated carbocycles. The summed E-state index contributed by atoms with van der Waals surface area (Å²) in [5.41, 5.74) is 0.274. The molecule has 1 amide bonds. The van der Waals surface area contributed by atoms with Gasteiger partial charge >= 0.3 is 0 Å². The number of hydrogen-bond donors (Lipinski definition) is 1. The standard InChI is InChI=1S/C18H19N5O5S/c1-4-14(24)22-13(10-5-7-11(8-6-10)23(27)28)9-12(19-22)15-16(25)20(2)18(29)21(3)17(15)26/h5-8,13,25H,4,9H2,1-3H3/t13-/m0/s1. The van der Waals surface area contributed by atoms with Crippen LogP contribution in [0.5, 0.6) is 5.88 Å². The number of non-ortho nitro benzene ring substituents is 1. The summed E-state index contributed by atoms with van der Waals surface area (Å²) < 4.78 is 2.65. The van der Waals surface area contributed by atoms with E-state index in [-0.39, 0.29) is 46.4 Å². The number of nitrogens with zero attached hydrogens (tertiary/aromatic N) is 5. The molecule has 0 saturated heterocycles. The third kappa shape index (κ3) is 3.44. The number of aromatic nitrogens is 2. The number of rotatable bonds is 4. The Morgan fingerprint density at radius 2 is 1.93 bits per heavy atom. The first-order valence-corrected chi connectivity index (χ1v) is 9.21. The second-order valence-corrected chi connectivity index (χ2v) is 6.98. The molecule has 2 heterocycles. The van der Waals surface area contributed by atoms with Crippen molar-refractivity contribution in [2.24, 2.45) is 19.2 Å². The Bertz CT molecular complexity index is 1150. The Balaban J connectivity index is 2.10. The molecule has 0 aliphatic carbocycles. The molecule has 0 spiro atoms. The fourth-order valence-electron chi connectivity index (χ4n) is 3.22. The maximum Gasteiger partial charge on any atom is 0.269 e. The summed E-state index contributed by atoms with van der Waals surface area (Å²) in [6.45, 7) is 1.69. The number of carbonyl (C=O) groups excluding carboxylic acids is 1. The molecule has 3 rings (SSSR count). The van der Waals surface area contributed by atoms with E-state index in [0.717, 1.165) is 0 Å². The van der Waals surface area contributed by atoms with Crippen molar-refractivity contribution in [3.8, 4) is 5.88 Å². The lowest BCUT2D eigenvalue weighted by atomic mass is 9.99. The number of nitro groups is 1. The van der Waals surface area contributed by atoms with E-state index < -0.39 is 16.5 Å². The summed E-state index contributed by atoms with van der Waals surface area (Å²) in [5.74, 6) is -0.603. The summed E-state index contributed by atoms with van der Waals surface area (Å²) >= 11 is 5.13. The van der Waals surface area contributed by atoms with Crippen LogP contribution >= 0.6 is 12.2 Å². The van der Waals surface area contributed by atoms with Crippen LogP contribution in [0.3, 0.4) is 0 Å². The SMILES string of the molecule is CCC(=O)N1N=C(c2c(O)n(C)c(=S)n(C)c2=O)C[C@H]1c1ccc([N+](=O)[O-])cc1. The Morgan fingerprint density at radius 1 is 1.31 bits per heavy atom. The number of nitro benzene ring substituents is 1. The first-order valence-electron chi connectivity index (χ1n) is 8.80. The molecule has 1 N–H and O–H groups in total. The van der Waals surface area contributed by atoms with Crippen LogP contribution in [0.4, 0.5) is 5.69 Å². The van der Waals surface area contributed by atoms with E-state index >= 15 is 0 Å². The van der Waals surface area contributed by atoms with Crippen molar-refractivity contribution in [2.45, 2.75) is 25.8 Å². The first-order chi connectivity index (χ1) is 13.7. The number of benzene rings is 1. The Kier molecular flexibility index (Phi) is 5.33. The molecule has 1 aromatic heterocycles. The van der Waals surface area contributed by atoms with Crippen molar-refractivity contribution in [3.63, 3.8) is 0 Å². The second-order valence-electron chi connectivity index (χ2n) is 6.61. The number of amides is 1. The topological polar surface area (TPSA) is 123 Å². The van der Waals surface area contributed by atoms with Crippen LogP contribution in [-0.2, 0) is 18.9 Å². The lowest BCUT2D eigenvalue weighted by molar-refractivity contribution is -0.384. The smallest absolute Gasteiger partial charge is 0.269 e. The first kappa shape index (κ1) is 20.4. The van der Waals surface area contributed by atoms with Crippen molar-refractivity contribution >= 4 is 29.5 Å². The number of hydrogen-bond acceptors (Lipinski definition) is 7. The zero-order valence-electron chi connectivity index (χ0n) is 16.0. The third-order valence-electron chi connectivity index (χ3n) is 4.88. The monoisotopic (exact) mass is 417 g/mol. The Hall–Kier alpha value is -3.34. The van der Waals surface area contributed by atoms with Gasteiger partial charge in [0.25, 0.3) is 11.2 Å². The number of hydrazone groups is 1. The molecule has 0 fully saturated rings. The second kappa shape index (κ2) is 7.59. The summed E-state index contributed by atoms with van der Waals surface area (Å²) in [7, 11) is 3.02. The van der Waals surface area contributed by atoms with Crippen LogP contribution in [0.1, 0.15) is 36.9 Å². The van der Waals surface area contributed by atoms with Crippen LogP contribution in [0.2, 0.25) is 0 Å². The molecule has 1 aromatic carbocycles. The molecule has 10 nitrogen and oxygen atoms in total. The highest BCUT2D eigenvalue weighted by Gasteiger charge is 2.35. The van der Waals surface area contributed by atoms with Crippen LogP contribution in [0, 0.1) is 14.9 Å². The molecule has 11 heteroatoms. The van der Waals surface area contributed by atoms with Crippen LogP contribution in [-0.4, -0.2) is 35.8 Å². The zero-order chi connectivity index (χ0) is 21.5. The van der Waals surface area contributed by atoms with Gasteiger partial charge in [0.1, 0.15) is 5.56 Å². The molecule has 0 unspecified atom stereocenters. The van der Waals surface area contributed by atoms with E-state index in [1.807, 2.05) is 0 Å². The maximum absolute atomic E-state index is 12.7. The molecule has 29 heavy (non-hydrogen) atoms. The normalized spacial score (nSPS) is 16.0. The molecular formula is C18H19N5O5S. The lowest BCUT2D eigenvalue weighted by Crippen LogP contribution is -2.28. The van der Waals surface area contributed by atoms with Gasteiger partial charge in [-0.05, 0) is 17.8 Å². The number of carbonyl (C=O) groups is 1. The summed E-state index contributed by atoms with van der Waals surface area (Å²) in [4.78, 5) is 35.6. The zero-order valence-corrected chi connectivity index (χ0v) is 16.8. The minimum atomic E-state index is -0.546. The molecule has 1 aliphatic rings. The molecule has 1 aliphatic heterocycles. The molecular weight excluding hydrogens is 398 g/mol. The van der Waals surface area contributed by atoms with Gasteiger partial charge in [0.2, 0.25) is 11.8 Å². The summed E-state index contributed by atoms with van der Waals surface area (Å²) in [5, 5.41) is 27.0. The minimum absolute atomic E-state index is 0.0260. The molecule has 2 aromatic rings. The average Bonchev–Trinajstić information content (AvgIpc) is 3.15. The van der Waals surface area contributed by atoms with E-state index in [2.05, 4.69) is 5.10 Å². The van der Waals surface area contributed by atoms with Crippen molar-refractivity contribution in [2.75, 3.05) is 0 Å². The average molecular weight is 417 g/mol. The van der Waals surface area contributed by atoms with E-state index in [0.29, 0.717) is 5.56 Å². The molecule has 152 valence electrons. The van der Waals surface area contributed by atoms with Gasteiger partial charge in [-0.3, -0.25) is 28.8 Å². The number of aromatic hydroxyl groups is 1. The van der Waals surface area contributed by atoms with Crippen molar-refractivity contribution < 1.29 is 14.8 Å². The van der Waals surface area contributed by atoms with E-state index in [1.165, 1.54) is 40.4 Å². The molecule has 0 radical (unpaired) electrons. The van der Waals surface area contributed by atoms with Gasteiger partial charge in [-0.2, -0.15) is 5.10 Å². The van der Waals surface area contributed by atoms with Crippen LogP contribution in [0.15, 0.2) is 34.2 Å². The quantitative estimate of drug-likeness (QED) is 0.462. The van der Waals surface area contributed by atoms with E-state index in [1.54, 1.807) is 19.1 Å². The Labute approximate surface area is 170 Å². The lowest BCUT2D eigenvalue weighted by Gasteiger charge is -2.21. The fourth-order valence-corrected chi connectivity index (χ4v) is 3.39. The fraction of sp³-hybridized carbons (Fsp3) is 0.333. The summed E-state index contributed by atoms with van der Waals surface area (Å²) in [6.07, 6.45) is 0.353. The van der Waals surface area contributed by atoms with Gasteiger partial charge in [-0.15, -0.1) is 0 Å². The van der Waals surface area contributed by atoms with Crippen molar-refractivity contribution in [3.05, 3.63) is 60.6 Å². The predicted octanol–water partition coefficient (Wildman–Crippen LogP) is 2.15. The largest absolute Gasteiger partial charge is 0.494 e. The van der Waals surface area contributed by atoms with Crippen molar-refractivity contribution in [1.82, 2.24) is 14.1 Å². The van der Waals surface area contributed by atoms with Crippen molar-refractivity contribution in [1.29, 1.82) is 0 Å². The van der Waals surface area contributed by atoms with Gasteiger partial charge in [0.15, 0.2) is 4.77 Å². The Morgan fingerprint density at radius 3 is 2.48 bits per heavy atom. The van der Waals surface area contributed by atoms with Gasteiger partial charge in [0, 0.05) is 39.1 Å². The van der Waals surface area contributed by atoms with Crippen LogP contribution in [0.25, 0.3) is 0 Å². The van der Waals surface area contributed by atoms with E-state index in [4.69, 9.17) is 12.2 Å². The highest BCUT2D eigenvalue weighted by atomic mass is 32.1.